The van der Waals surface area contributed by atoms with Gasteiger partial charge in [-0.05, 0) is 44.4 Å². The summed E-state index contributed by atoms with van der Waals surface area (Å²) in [6, 6.07) is 8.18. The summed E-state index contributed by atoms with van der Waals surface area (Å²) in [5.74, 6) is 0.882. The van der Waals surface area contributed by atoms with Crippen LogP contribution in [0.25, 0.3) is 0 Å². The molecule has 2 saturated heterocycles. The van der Waals surface area contributed by atoms with Crippen molar-refractivity contribution in [1.82, 2.24) is 15.5 Å². The molecular weight excluding hydrogens is 388 g/mol. The average molecular weight is 423 g/mol. The van der Waals surface area contributed by atoms with Crippen molar-refractivity contribution in [2.75, 3.05) is 65.7 Å². The summed E-state index contributed by atoms with van der Waals surface area (Å²) in [7, 11) is 0. The number of ether oxygens (including phenoxy) is 2. The minimum absolute atomic E-state index is 0.0628. The third kappa shape index (κ3) is 6.57. The highest BCUT2D eigenvalue weighted by molar-refractivity contribution is 6.31. The predicted octanol–water partition coefficient (Wildman–Crippen LogP) is 2.67. The van der Waals surface area contributed by atoms with Gasteiger partial charge < -0.3 is 20.1 Å². The molecule has 2 fully saturated rings. The fraction of sp³-hybridized carbons (Fsp3) is 0.682. The molecule has 0 unspecified atom stereocenters. The lowest BCUT2D eigenvalue weighted by Crippen LogP contribution is -2.42. The van der Waals surface area contributed by atoms with Crippen LogP contribution in [0.2, 0.25) is 5.02 Å². The standard InChI is InChI=1S/C22H35ClN4O2/c1-2-24-21(25-10-5-11-27-12-16-29-17-13-27)26-18-22(8-14-28-15-9-22)19-6-3-4-7-20(19)23/h3-4,6-7H,2,5,8-18H2,1H3,(H2,24,25,26). The topological polar surface area (TPSA) is 58.1 Å². The van der Waals surface area contributed by atoms with Crippen molar-refractivity contribution < 1.29 is 9.47 Å². The second kappa shape index (κ2) is 11.7. The Morgan fingerprint density at radius 2 is 1.83 bits per heavy atom. The van der Waals surface area contributed by atoms with Gasteiger partial charge in [-0.1, -0.05) is 29.8 Å². The molecule has 0 aliphatic carbocycles. The highest BCUT2D eigenvalue weighted by Crippen LogP contribution is 2.38. The van der Waals surface area contributed by atoms with Gasteiger partial charge in [0.25, 0.3) is 0 Å². The largest absolute Gasteiger partial charge is 0.381 e. The minimum atomic E-state index is -0.0628. The van der Waals surface area contributed by atoms with Gasteiger partial charge in [-0.3, -0.25) is 9.89 Å². The molecule has 3 rings (SSSR count). The maximum Gasteiger partial charge on any atom is 0.191 e. The summed E-state index contributed by atoms with van der Waals surface area (Å²) in [5, 5.41) is 7.71. The molecule has 1 aromatic carbocycles. The lowest BCUT2D eigenvalue weighted by atomic mass is 9.74. The van der Waals surface area contributed by atoms with E-state index >= 15 is 0 Å². The van der Waals surface area contributed by atoms with E-state index in [1.54, 1.807) is 0 Å². The number of benzene rings is 1. The minimum Gasteiger partial charge on any atom is -0.381 e. The highest BCUT2D eigenvalue weighted by atomic mass is 35.5. The Kier molecular flexibility index (Phi) is 9.05. The van der Waals surface area contributed by atoms with Gasteiger partial charge in [-0.2, -0.15) is 0 Å². The zero-order valence-electron chi connectivity index (χ0n) is 17.6. The van der Waals surface area contributed by atoms with E-state index in [9.17, 15) is 0 Å². The number of morpholine rings is 1. The number of rotatable bonds is 8. The van der Waals surface area contributed by atoms with Gasteiger partial charge in [0.15, 0.2) is 5.96 Å². The van der Waals surface area contributed by atoms with Gasteiger partial charge in [-0.25, -0.2) is 0 Å². The van der Waals surface area contributed by atoms with E-state index in [1.807, 2.05) is 12.1 Å². The third-order valence-corrected chi connectivity index (χ3v) is 6.16. The molecule has 29 heavy (non-hydrogen) atoms. The Morgan fingerprint density at radius 1 is 1.10 bits per heavy atom. The van der Waals surface area contributed by atoms with Gasteiger partial charge in [0.2, 0.25) is 0 Å². The van der Waals surface area contributed by atoms with Gasteiger partial charge in [0.1, 0.15) is 0 Å². The zero-order valence-corrected chi connectivity index (χ0v) is 18.3. The third-order valence-electron chi connectivity index (χ3n) is 5.83. The first-order valence-corrected chi connectivity index (χ1v) is 11.3. The van der Waals surface area contributed by atoms with Crippen LogP contribution in [0.4, 0.5) is 0 Å². The Balaban J connectivity index is 1.59. The Bertz CT molecular complexity index is 643. The summed E-state index contributed by atoms with van der Waals surface area (Å²) in [5.41, 5.74) is 1.13. The molecule has 2 N–H and O–H groups in total. The molecule has 0 bridgehead atoms. The summed E-state index contributed by atoms with van der Waals surface area (Å²) < 4.78 is 11.1. The normalized spacial score (nSPS) is 20.4. The number of hydrogen-bond donors (Lipinski definition) is 2. The van der Waals surface area contributed by atoms with Gasteiger partial charge in [0.05, 0.1) is 19.8 Å². The van der Waals surface area contributed by atoms with E-state index in [2.05, 4.69) is 34.6 Å². The molecule has 2 aliphatic rings. The maximum atomic E-state index is 6.57. The van der Waals surface area contributed by atoms with Crippen molar-refractivity contribution in [1.29, 1.82) is 0 Å². The summed E-state index contributed by atoms with van der Waals surface area (Å²) in [6.45, 7) is 10.9. The summed E-state index contributed by atoms with van der Waals surface area (Å²) >= 11 is 6.57. The Morgan fingerprint density at radius 3 is 2.55 bits per heavy atom. The van der Waals surface area contributed by atoms with E-state index in [0.717, 1.165) is 89.4 Å². The molecule has 0 saturated carbocycles. The molecule has 162 valence electrons. The molecule has 0 atom stereocenters. The maximum absolute atomic E-state index is 6.57. The number of nitrogens with zero attached hydrogens (tertiary/aromatic N) is 2. The number of nitrogens with one attached hydrogen (secondary N) is 2. The van der Waals surface area contributed by atoms with Crippen molar-refractivity contribution in [3.05, 3.63) is 34.9 Å². The first kappa shape index (κ1) is 22.3. The number of halogens is 1. The molecule has 0 amide bonds. The first-order valence-electron chi connectivity index (χ1n) is 10.9. The van der Waals surface area contributed by atoms with E-state index in [-0.39, 0.29) is 5.41 Å². The lowest BCUT2D eigenvalue weighted by Gasteiger charge is -2.37. The fourth-order valence-corrected chi connectivity index (χ4v) is 4.41. The first-order chi connectivity index (χ1) is 14.2. The molecule has 6 nitrogen and oxygen atoms in total. The molecule has 1 aromatic rings. The SMILES string of the molecule is CCNC(=NCC1(c2ccccc2Cl)CCOCC1)NCCCN1CCOCC1. The van der Waals surface area contributed by atoms with Crippen molar-refractivity contribution >= 4 is 17.6 Å². The van der Waals surface area contributed by atoms with Crippen molar-refractivity contribution in [2.45, 2.75) is 31.6 Å². The van der Waals surface area contributed by atoms with Gasteiger partial charge >= 0.3 is 0 Å². The Labute approximate surface area is 180 Å². The molecular formula is C22H35ClN4O2. The molecule has 2 aliphatic heterocycles. The van der Waals surface area contributed by atoms with Crippen LogP contribution in [0.5, 0.6) is 0 Å². The molecule has 0 spiro atoms. The van der Waals surface area contributed by atoms with Crippen LogP contribution in [0.1, 0.15) is 31.7 Å². The van der Waals surface area contributed by atoms with Crippen LogP contribution in [-0.2, 0) is 14.9 Å². The molecule has 2 heterocycles. The second-order valence-electron chi connectivity index (χ2n) is 7.80. The zero-order chi connectivity index (χ0) is 20.4. The van der Waals surface area contributed by atoms with Crippen LogP contribution in [0, 0.1) is 0 Å². The van der Waals surface area contributed by atoms with E-state index < -0.39 is 0 Å². The lowest BCUT2D eigenvalue weighted by molar-refractivity contribution is 0.0376. The monoisotopic (exact) mass is 422 g/mol. The van der Waals surface area contributed by atoms with E-state index in [1.165, 1.54) is 5.56 Å². The highest BCUT2D eigenvalue weighted by Gasteiger charge is 2.36. The van der Waals surface area contributed by atoms with E-state index in [0.29, 0.717) is 6.54 Å². The van der Waals surface area contributed by atoms with Crippen LogP contribution in [0.15, 0.2) is 29.3 Å². The van der Waals surface area contributed by atoms with Gasteiger partial charge in [-0.15, -0.1) is 0 Å². The molecule has 0 radical (unpaired) electrons. The predicted molar refractivity (Wildman–Crippen MR) is 119 cm³/mol. The fourth-order valence-electron chi connectivity index (χ4n) is 4.07. The van der Waals surface area contributed by atoms with E-state index in [4.69, 9.17) is 26.1 Å². The summed E-state index contributed by atoms with van der Waals surface area (Å²) in [4.78, 5) is 7.42. The number of aliphatic imine (C=N–C) groups is 1. The van der Waals surface area contributed by atoms with Gasteiger partial charge in [0, 0.05) is 49.8 Å². The van der Waals surface area contributed by atoms with Crippen molar-refractivity contribution in [3.63, 3.8) is 0 Å². The molecule has 7 heteroatoms. The van der Waals surface area contributed by atoms with Crippen LogP contribution >= 0.6 is 11.6 Å². The second-order valence-corrected chi connectivity index (χ2v) is 8.21. The summed E-state index contributed by atoms with van der Waals surface area (Å²) in [6.07, 6.45) is 2.97. The van der Waals surface area contributed by atoms with Crippen LogP contribution in [-0.4, -0.2) is 76.6 Å². The number of hydrogen-bond acceptors (Lipinski definition) is 4. The van der Waals surface area contributed by atoms with Crippen molar-refractivity contribution in [2.24, 2.45) is 4.99 Å². The smallest absolute Gasteiger partial charge is 0.191 e. The average Bonchev–Trinajstić information content (AvgIpc) is 2.76. The Hall–Kier alpha value is -1.34. The van der Waals surface area contributed by atoms with Crippen molar-refractivity contribution in [3.8, 4) is 0 Å². The quantitative estimate of drug-likeness (QED) is 0.383. The van der Waals surface area contributed by atoms with Crippen LogP contribution in [0.3, 0.4) is 0 Å². The van der Waals surface area contributed by atoms with Crippen LogP contribution < -0.4 is 10.6 Å². The molecule has 0 aromatic heterocycles. The number of guanidine groups is 1.